The van der Waals surface area contributed by atoms with E-state index in [1.165, 1.54) is 29.8 Å². The van der Waals surface area contributed by atoms with Crippen LogP contribution in [-0.2, 0) is 11.3 Å². The number of carboxylic acids is 1. The molecule has 0 fully saturated rings. The summed E-state index contributed by atoms with van der Waals surface area (Å²) in [5, 5.41) is 8.96. The molecule has 1 atom stereocenters. The molecule has 0 aromatic heterocycles. The molecule has 0 bridgehead atoms. The predicted molar refractivity (Wildman–Crippen MR) is 101 cm³/mol. The molecular weight excluding hydrogens is 350 g/mol. The molecule has 3 aromatic rings. The molecule has 0 aliphatic heterocycles. The van der Waals surface area contributed by atoms with Crippen molar-refractivity contribution in [3.63, 3.8) is 0 Å². The van der Waals surface area contributed by atoms with Crippen LogP contribution in [0.15, 0.2) is 72.8 Å². The van der Waals surface area contributed by atoms with Gasteiger partial charge in [-0.1, -0.05) is 42.0 Å². The standard InChI is InChI=1S/C20H17NO4S/c1-14-2-4-15(5-3-14)16-6-10-18(11-7-16)21(26(24)25)19-12-8-17(9-13-19)20(22)23/h2-13H,1H3,(H,22,23)(H,24,25)/p-1. The Labute approximate surface area is 154 Å². The molecular formula is C20H16NO4S-. The van der Waals surface area contributed by atoms with E-state index in [1.807, 2.05) is 43.3 Å². The molecule has 0 saturated heterocycles. The Morgan fingerprint density at radius 2 is 1.27 bits per heavy atom. The highest BCUT2D eigenvalue weighted by atomic mass is 32.2. The van der Waals surface area contributed by atoms with Crippen LogP contribution in [0.4, 0.5) is 11.4 Å². The first-order chi connectivity index (χ1) is 12.5. The first-order valence-electron chi connectivity index (χ1n) is 7.85. The summed E-state index contributed by atoms with van der Waals surface area (Å²) in [5.41, 5.74) is 4.13. The fourth-order valence-corrected chi connectivity index (χ4v) is 3.18. The van der Waals surface area contributed by atoms with Gasteiger partial charge in [-0.05, 0) is 54.4 Å². The van der Waals surface area contributed by atoms with Crippen LogP contribution in [0.5, 0.6) is 0 Å². The fourth-order valence-electron chi connectivity index (χ4n) is 2.60. The SMILES string of the molecule is Cc1ccc(-c2ccc(N(c3ccc(C(=O)O)cc3)S(=O)[O-])cc2)cc1. The third-order valence-electron chi connectivity index (χ3n) is 3.98. The Hall–Kier alpha value is -2.96. The number of aryl methyl sites for hydroxylation is 1. The number of hydrogen-bond acceptors (Lipinski definition) is 3. The third-order valence-corrected chi connectivity index (χ3v) is 4.70. The lowest BCUT2D eigenvalue weighted by atomic mass is 10.0. The van der Waals surface area contributed by atoms with Gasteiger partial charge in [0.25, 0.3) is 0 Å². The minimum atomic E-state index is -2.54. The lowest BCUT2D eigenvalue weighted by Gasteiger charge is -2.26. The molecule has 0 aliphatic rings. The van der Waals surface area contributed by atoms with Crippen molar-refractivity contribution in [2.75, 3.05) is 4.31 Å². The van der Waals surface area contributed by atoms with Gasteiger partial charge in [-0.3, -0.25) is 8.51 Å². The summed E-state index contributed by atoms with van der Waals surface area (Å²) in [6.07, 6.45) is 0. The van der Waals surface area contributed by atoms with E-state index in [1.54, 1.807) is 12.1 Å². The monoisotopic (exact) mass is 366 g/mol. The van der Waals surface area contributed by atoms with E-state index in [-0.39, 0.29) is 5.56 Å². The Balaban J connectivity index is 1.92. The summed E-state index contributed by atoms with van der Waals surface area (Å²) in [6, 6.07) is 20.9. The van der Waals surface area contributed by atoms with Gasteiger partial charge in [0.15, 0.2) is 0 Å². The lowest BCUT2D eigenvalue weighted by molar-refractivity contribution is 0.0697. The second-order valence-corrected chi connectivity index (χ2v) is 6.58. The van der Waals surface area contributed by atoms with Crippen molar-refractivity contribution in [2.45, 2.75) is 6.92 Å². The molecule has 5 nitrogen and oxygen atoms in total. The van der Waals surface area contributed by atoms with E-state index < -0.39 is 17.2 Å². The number of benzene rings is 3. The highest BCUT2D eigenvalue weighted by Crippen LogP contribution is 2.29. The topological polar surface area (TPSA) is 80.7 Å². The lowest BCUT2D eigenvalue weighted by Crippen LogP contribution is -2.19. The molecule has 6 heteroatoms. The summed E-state index contributed by atoms with van der Waals surface area (Å²) >= 11 is -2.54. The quantitative estimate of drug-likeness (QED) is 0.683. The Bertz CT molecular complexity index is 935. The molecule has 3 rings (SSSR count). The molecule has 3 aromatic carbocycles. The van der Waals surface area contributed by atoms with Crippen LogP contribution in [0.3, 0.4) is 0 Å². The number of hydrogen-bond donors (Lipinski definition) is 1. The molecule has 1 N–H and O–H groups in total. The molecule has 0 amide bonds. The molecule has 0 aliphatic carbocycles. The largest absolute Gasteiger partial charge is 0.755 e. The van der Waals surface area contributed by atoms with E-state index >= 15 is 0 Å². The average molecular weight is 366 g/mol. The maximum Gasteiger partial charge on any atom is 0.335 e. The van der Waals surface area contributed by atoms with Gasteiger partial charge in [0.05, 0.1) is 28.2 Å². The maximum absolute atomic E-state index is 11.7. The summed E-state index contributed by atoms with van der Waals surface area (Å²) in [4.78, 5) is 10.9. The molecule has 0 heterocycles. The molecule has 26 heavy (non-hydrogen) atoms. The van der Waals surface area contributed by atoms with Gasteiger partial charge in [0.2, 0.25) is 0 Å². The Morgan fingerprint density at radius 1 is 0.846 bits per heavy atom. The molecule has 1 unspecified atom stereocenters. The predicted octanol–water partition coefficient (Wildman–Crippen LogP) is 4.29. The van der Waals surface area contributed by atoms with Crippen molar-refractivity contribution in [1.29, 1.82) is 0 Å². The summed E-state index contributed by atoms with van der Waals surface area (Å²) in [6.45, 7) is 2.02. The van der Waals surface area contributed by atoms with Gasteiger partial charge >= 0.3 is 5.97 Å². The van der Waals surface area contributed by atoms with E-state index in [4.69, 9.17) is 5.11 Å². The molecule has 0 radical (unpaired) electrons. The third kappa shape index (κ3) is 3.82. The Kier molecular flexibility index (Phi) is 5.16. The van der Waals surface area contributed by atoms with E-state index in [9.17, 15) is 13.6 Å². The summed E-state index contributed by atoms with van der Waals surface area (Å²) < 4.78 is 24.6. The zero-order valence-electron chi connectivity index (χ0n) is 14.0. The average Bonchev–Trinajstić information content (AvgIpc) is 2.63. The Morgan fingerprint density at radius 3 is 1.69 bits per heavy atom. The first kappa shape index (κ1) is 17.8. The van der Waals surface area contributed by atoms with Crippen LogP contribution in [0.25, 0.3) is 11.1 Å². The van der Waals surface area contributed by atoms with Crippen molar-refractivity contribution in [2.24, 2.45) is 0 Å². The van der Waals surface area contributed by atoms with E-state index in [0.29, 0.717) is 11.4 Å². The highest BCUT2D eigenvalue weighted by molar-refractivity contribution is 7.81. The maximum atomic E-state index is 11.7. The fraction of sp³-hybridized carbons (Fsp3) is 0.0500. The number of carbonyl (C=O) groups is 1. The molecule has 0 spiro atoms. The number of rotatable bonds is 5. The normalized spacial score (nSPS) is 11.8. The molecule has 132 valence electrons. The van der Waals surface area contributed by atoms with Crippen molar-refractivity contribution < 1.29 is 18.7 Å². The van der Waals surface area contributed by atoms with Crippen LogP contribution >= 0.6 is 0 Å². The van der Waals surface area contributed by atoms with Gasteiger partial charge in [0.1, 0.15) is 0 Å². The first-order valence-corrected chi connectivity index (χ1v) is 8.89. The number of nitrogens with zero attached hydrogens (tertiary/aromatic N) is 1. The van der Waals surface area contributed by atoms with Crippen LogP contribution in [0.1, 0.15) is 15.9 Å². The van der Waals surface area contributed by atoms with Crippen LogP contribution < -0.4 is 4.31 Å². The van der Waals surface area contributed by atoms with Crippen molar-refractivity contribution in [3.8, 4) is 11.1 Å². The van der Waals surface area contributed by atoms with Gasteiger partial charge in [-0.15, -0.1) is 0 Å². The van der Waals surface area contributed by atoms with E-state index in [0.717, 1.165) is 15.4 Å². The zero-order valence-corrected chi connectivity index (χ0v) is 14.8. The highest BCUT2D eigenvalue weighted by Gasteiger charge is 2.12. The second-order valence-electron chi connectivity index (χ2n) is 5.78. The van der Waals surface area contributed by atoms with Gasteiger partial charge in [-0.25, -0.2) is 4.79 Å². The minimum Gasteiger partial charge on any atom is -0.755 e. The van der Waals surface area contributed by atoms with Gasteiger partial charge < -0.3 is 9.66 Å². The van der Waals surface area contributed by atoms with Gasteiger partial charge in [0, 0.05) is 0 Å². The van der Waals surface area contributed by atoms with Gasteiger partial charge in [-0.2, -0.15) is 0 Å². The zero-order chi connectivity index (χ0) is 18.7. The summed E-state index contributed by atoms with van der Waals surface area (Å²) in [7, 11) is 0. The number of aromatic carboxylic acids is 1. The minimum absolute atomic E-state index is 0.0973. The van der Waals surface area contributed by atoms with Crippen molar-refractivity contribution >= 4 is 28.6 Å². The number of carboxylic acid groups (broad SMARTS) is 1. The van der Waals surface area contributed by atoms with Crippen LogP contribution in [0, 0.1) is 6.92 Å². The summed E-state index contributed by atoms with van der Waals surface area (Å²) in [5.74, 6) is -1.06. The number of anilines is 2. The van der Waals surface area contributed by atoms with Crippen LogP contribution in [-0.4, -0.2) is 19.8 Å². The second kappa shape index (κ2) is 7.51. The smallest absolute Gasteiger partial charge is 0.335 e. The van der Waals surface area contributed by atoms with Crippen molar-refractivity contribution in [1.82, 2.24) is 0 Å². The van der Waals surface area contributed by atoms with Crippen LogP contribution in [0.2, 0.25) is 0 Å². The van der Waals surface area contributed by atoms with Crippen molar-refractivity contribution in [3.05, 3.63) is 83.9 Å². The molecule has 0 saturated carbocycles. The van der Waals surface area contributed by atoms with E-state index in [2.05, 4.69) is 0 Å².